The van der Waals surface area contributed by atoms with Gasteiger partial charge in [0.2, 0.25) is 0 Å². The van der Waals surface area contributed by atoms with Crippen molar-refractivity contribution in [3.63, 3.8) is 0 Å². The maximum absolute atomic E-state index is 12.2. The number of carbonyl (C=O) groups is 1. The summed E-state index contributed by atoms with van der Waals surface area (Å²) >= 11 is 3.32. The number of nitrogens with one attached hydrogen (secondary N) is 1. The van der Waals surface area contributed by atoms with Crippen LogP contribution in [0.25, 0.3) is 0 Å². The van der Waals surface area contributed by atoms with Crippen molar-refractivity contribution < 1.29 is 4.79 Å². The van der Waals surface area contributed by atoms with Gasteiger partial charge >= 0.3 is 0 Å². The predicted molar refractivity (Wildman–Crippen MR) is 75.5 cm³/mol. The molecule has 18 heavy (non-hydrogen) atoms. The highest BCUT2D eigenvalue weighted by molar-refractivity contribution is 9.10. The average molecular weight is 311 g/mol. The van der Waals surface area contributed by atoms with Crippen molar-refractivity contribution in [1.29, 1.82) is 0 Å². The zero-order valence-corrected chi connectivity index (χ0v) is 12.1. The summed E-state index contributed by atoms with van der Waals surface area (Å²) in [6.07, 6.45) is 10.3. The molecule has 1 fully saturated rings. The molecule has 1 saturated carbocycles. The van der Waals surface area contributed by atoms with Crippen molar-refractivity contribution in [2.75, 3.05) is 0 Å². The summed E-state index contributed by atoms with van der Waals surface area (Å²) in [4.78, 5) is 16.2. The first-order chi connectivity index (χ1) is 8.77. The molecule has 0 saturated heterocycles. The highest BCUT2D eigenvalue weighted by Gasteiger charge is 2.16. The van der Waals surface area contributed by atoms with Crippen LogP contribution in [0, 0.1) is 0 Å². The lowest BCUT2D eigenvalue weighted by atomic mass is 9.96. The molecule has 2 rings (SSSR count). The Hall–Kier alpha value is -0.900. The molecule has 1 aliphatic carbocycles. The van der Waals surface area contributed by atoms with Gasteiger partial charge in [0.25, 0.3) is 5.91 Å². The number of halogens is 1. The van der Waals surface area contributed by atoms with Gasteiger partial charge in [0, 0.05) is 12.2 Å². The molecule has 1 aromatic rings. The predicted octanol–water partition coefficient (Wildman–Crippen LogP) is 3.69. The Kier molecular flexibility index (Phi) is 5.17. The van der Waals surface area contributed by atoms with Crippen molar-refractivity contribution >= 4 is 21.8 Å². The number of nitrogens with zero attached hydrogens (tertiary/aromatic N) is 1. The maximum atomic E-state index is 12.2. The molecule has 1 N–H and O–H groups in total. The zero-order chi connectivity index (χ0) is 12.8. The van der Waals surface area contributed by atoms with Crippen LogP contribution in [-0.4, -0.2) is 16.9 Å². The monoisotopic (exact) mass is 310 g/mol. The van der Waals surface area contributed by atoms with Crippen LogP contribution in [0.4, 0.5) is 0 Å². The Labute approximate surface area is 117 Å². The lowest BCUT2D eigenvalue weighted by molar-refractivity contribution is 0.0929. The molecule has 1 aromatic heterocycles. The Morgan fingerprint density at radius 3 is 2.56 bits per heavy atom. The fourth-order valence-electron chi connectivity index (χ4n) is 2.42. The van der Waals surface area contributed by atoms with Crippen LogP contribution in [0.1, 0.15) is 55.3 Å². The molecule has 4 heteroatoms. The molecular formula is C14H19BrN2O. The van der Waals surface area contributed by atoms with Crippen molar-refractivity contribution in [3.05, 3.63) is 28.5 Å². The molecule has 0 bridgehead atoms. The fraction of sp³-hybridized carbons (Fsp3) is 0.571. The lowest BCUT2D eigenvalue weighted by Crippen LogP contribution is -2.35. The zero-order valence-electron chi connectivity index (χ0n) is 10.5. The molecular weight excluding hydrogens is 292 g/mol. The van der Waals surface area contributed by atoms with E-state index in [1.165, 1.54) is 32.1 Å². The molecule has 98 valence electrons. The normalized spacial score (nSPS) is 17.8. The summed E-state index contributed by atoms with van der Waals surface area (Å²) in [7, 11) is 0. The van der Waals surface area contributed by atoms with E-state index in [4.69, 9.17) is 0 Å². The Morgan fingerprint density at radius 1 is 1.22 bits per heavy atom. The SMILES string of the molecule is O=C(NC1CCCCCCC1)c1cccnc1Br. The first-order valence-electron chi connectivity index (χ1n) is 6.69. The average Bonchev–Trinajstić information content (AvgIpc) is 2.33. The van der Waals surface area contributed by atoms with Crippen LogP contribution in [0.2, 0.25) is 0 Å². The van der Waals surface area contributed by atoms with Gasteiger partial charge in [0.15, 0.2) is 0 Å². The third-order valence-electron chi connectivity index (χ3n) is 3.44. The fourth-order valence-corrected chi connectivity index (χ4v) is 2.85. The third kappa shape index (κ3) is 3.80. The highest BCUT2D eigenvalue weighted by Crippen LogP contribution is 2.18. The van der Waals surface area contributed by atoms with Gasteiger partial charge in [-0.3, -0.25) is 4.79 Å². The highest BCUT2D eigenvalue weighted by atomic mass is 79.9. The van der Waals surface area contributed by atoms with Gasteiger partial charge in [-0.05, 0) is 40.9 Å². The number of amides is 1. The second kappa shape index (κ2) is 6.88. The van der Waals surface area contributed by atoms with E-state index in [-0.39, 0.29) is 5.91 Å². The molecule has 1 aliphatic rings. The van der Waals surface area contributed by atoms with E-state index < -0.39 is 0 Å². The van der Waals surface area contributed by atoms with E-state index in [2.05, 4.69) is 26.2 Å². The van der Waals surface area contributed by atoms with E-state index in [0.29, 0.717) is 16.2 Å². The van der Waals surface area contributed by atoms with E-state index in [1.54, 1.807) is 18.3 Å². The maximum Gasteiger partial charge on any atom is 0.254 e. The van der Waals surface area contributed by atoms with Gasteiger partial charge < -0.3 is 5.32 Å². The smallest absolute Gasteiger partial charge is 0.254 e. The van der Waals surface area contributed by atoms with Crippen LogP contribution >= 0.6 is 15.9 Å². The van der Waals surface area contributed by atoms with Gasteiger partial charge in [-0.1, -0.05) is 32.1 Å². The summed E-state index contributed by atoms with van der Waals surface area (Å²) in [6.45, 7) is 0. The van der Waals surface area contributed by atoms with E-state index in [1.807, 2.05) is 0 Å². The Balaban J connectivity index is 1.95. The van der Waals surface area contributed by atoms with Gasteiger partial charge in [-0.15, -0.1) is 0 Å². The molecule has 0 radical (unpaired) electrons. The number of carbonyl (C=O) groups excluding carboxylic acids is 1. The number of rotatable bonds is 2. The second-order valence-corrected chi connectivity index (χ2v) is 5.61. The van der Waals surface area contributed by atoms with Crippen molar-refractivity contribution in [1.82, 2.24) is 10.3 Å². The summed E-state index contributed by atoms with van der Waals surface area (Å²) in [5.74, 6) is -0.0134. The minimum atomic E-state index is -0.0134. The summed E-state index contributed by atoms with van der Waals surface area (Å²) in [6, 6.07) is 3.91. The molecule has 0 unspecified atom stereocenters. The summed E-state index contributed by atoms with van der Waals surface area (Å²) in [5.41, 5.74) is 0.625. The van der Waals surface area contributed by atoms with Gasteiger partial charge in [0.05, 0.1) is 5.56 Å². The van der Waals surface area contributed by atoms with Gasteiger partial charge in [-0.2, -0.15) is 0 Å². The molecule has 3 nitrogen and oxygen atoms in total. The summed E-state index contributed by atoms with van der Waals surface area (Å²) in [5, 5.41) is 3.13. The summed E-state index contributed by atoms with van der Waals surface area (Å²) < 4.78 is 0.619. The van der Waals surface area contributed by atoms with Crippen molar-refractivity contribution in [2.45, 2.75) is 51.0 Å². The standard InChI is InChI=1S/C14H19BrN2O/c15-13-12(9-6-10-16-13)14(18)17-11-7-4-2-1-3-5-8-11/h6,9-11H,1-5,7-8H2,(H,17,18). The molecule has 1 amide bonds. The second-order valence-electron chi connectivity index (χ2n) is 4.86. The quantitative estimate of drug-likeness (QED) is 0.847. The van der Waals surface area contributed by atoms with Crippen molar-refractivity contribution in [2.24, 2.45) is 0 Å². The van der Waals surface area contributed by atoms with Gasteiger partial charge in [0.1, 0.15) is 4.60 Å². The van der Waals surface area contributed by atoms with Crippen LogP contribution in [0.5, 0.6) is 0 Å². The Bertz CT molecular complexity index is 401. The van der Waals surface area contributed by atoms with Gasteiger partial charge in [-0.25, -0.2) is 4.98 Å². The molecule has 0 spiro atoms. The van der Waals surface area contributed by atoms with Crippen LogP contribution < -0.4 is 5.32 Å². The Morgan fingerprint density at radius 2 is 1.89 bits per heavy atom. The molecule has 0 aliphatic heterocycles. The molecule has 0 atom stereocenters. The van der Waals surface area contributed by atoms with Crippen LogP contribution in [-0.2, 0) is 0 Å². The van der Waals surface area contributed by atoms with E-state index >= 15 is 0 Å². The number of aromatic nitrogens is 1. The van der Waals surface area contributed by atoms with E-state index in [9.17, 15) is 4.79 Å². The first-order valence-corrected chi connectivity index (χ1v) is 7.48. The minimum absolute atomic E-state index is 0.0134. The minimum Gasteiger partial charge on any atom is -0.349 e. The number of hydrogen-bond donors (Lipinski definition) is 1. The first kappa shape index (κ1) is 13.5. The van der Waals surface area contributed by atoms with E-state index in [0.717, 1.165) is 12.8 Å². The number of pyridine rings is 1. The molecule has 0 aromatic carbocycles. The van der Waals surface area contributed by atoms with Crippen LogP contribution in [0.3, 0.4) is 0 Å². The largest absolute Gasteiger partial charge is 0.349 e. The topological polar surface area (TPSA) is 42.0 Å². The van der Waals surface area contributed by atoms with Crippen molar-refractivity contribution in [3.8, 4) is 0 Å². The molecule has 1 heterocycles. The number of hydrogen-bond acceptors (Lipinski definition) is 2. The van der Waals surface area contributed by atoms with Crippen LogP contribution in [0.15, 0.2) is 22.9 Å². The lowest BCUT2D eigenvalue weighted by Gasteiger charge is -2.21. The third-order valence-corrected chi connectivity index (χ3v) is 4.08.